The van der Waals surface area contributed by atoms with E-state index in [2.05, 4.69) is 29.4 Å². The molecular weight excluding hydrogens is 475 g/mol. The zero-order chi connectivity index (χ0) is 26.3. The van der Waals surface area contributed by atoms with Crippen LogP contribution < -0.4 is 10.1 Å². The monoisotopic (exact) mass is 505 g/mol. The molecular formula is C26H30F3N3O4. The van der Waals surface area contributed by atoms with Gasteiger partial charge in [0.2, 0.25) is 5.91 Å². The number of aliphatic carboxylic acids is 1. The number of amides is 1. The fourth-order valence-corrected chi connectivity index (χ4v) is 4.26. The van der Waals surface area contributed by atoms with Crippen molar-refractivity contribution in [1.82, 2.24) is 15.2 Å². The second-order valence-corrected chi connectivity index (χ2v) is 8.79. The van der Waals surface area contributed by atoms with Gasteiger partial charge < -0.3 is 25.0 Å². The number of aromatic nitrogens is 1. The molecule has 2 unspecified atom stereocenters. The minimum absolute atomic E-state index is 0.155. The first kappa shape index (κ1) is 27.1. The molecule has 1 aliphatic rings. The third kappa shape index (κ3) is 7.00. The molecule has 1 fully saturated rings. The maximum Gasteiger partial charge on any atom is 0.490 e. The Hall–Kier alpha value is -3.53. The molecule has 2 atom stereocenters. The van der Waals surface area contributed by atoms with Crippen molar-refractivity contribution in [2.45, 2.75) is 38.6 Å². The normalized spacial score (nSPS) is 17.7. The molecule has 7 nitrogen and oxygen atoms in total. The summed E-state index contributed by atoms with van der Waals surface area (Å²) in [5, 5.41) is 11.5. The number of hydrogen-bond donors (Lipinski definition) is 3. The van der Waals surface area contributed by atoms with Crippen LogP contribution in [0.25, 0.3) is 10.9 Å². The van der Waals surface area contributed by atoms with Crippen molar-refractivity contribution in [3.63, 3.8) is 0 Å². The van der Waals surface area contributed by atoms with Crippen LogP contribution in [0.2, 0.25) is 0 Å². The summed E-state index contributed by atoms with van der Waals surface area (Å²) in [6, 6.07) is 16.4. The number of carbonyl (C=O) groups is 2. The largest absolute Gasteiger partial charge is 0.490 e. The van der Waals surface area contributed by atoms with E-state index in [0.717, 1.165) is 47.3 Å². The Kier molecular flexibility index (Phi) is 8.98. The second-order valence-electron chi connectivity index (χ2n) is 8.79. The van der Waals surface area contributed by atoms with Gasteiger partial charge in [-0.2, -0.15) is 13.2 Å². The second kappa shape index (κ2) is 11.9. The third-order valence-corrected chi connectivity index (χ3v) is 6.20. The molecule has 0 spiro atoms. The van der Waals surface area contributed by atoms with Crippen LogP contribution in [0.5, 0.6) is 5.75 Å². The topological polar surface area (TPSA) is 94.7 Å². The van der Waals surface area contributed by atoms with Gasteiger partial charge in [0.1, 0.15) is 12.4 Å². The lowest BCUT2D eigenvalue weighted by atomic mass is 9.93. The molecule has 194 valence electrons. The number of halogens is 3. The third-order valence-electron chi connectivity index (χ3n) is 6.20. The zero-order valence-corrected chi connectivity index (χ0v) is 20.1. The van der Waals surface area contributed by atoms with E-state index in [1.54, 1.807) is 0 Å². The van der Waals surface area contributed by atoms with Crippen molar-refractivity contribution in [3.8, 4) is 5.75 Å². The highest BCUT2D eigenvalue weighted by molar-refractivity contribution is 5.93. The summed E-state index contributed by atoms with van der Waals surface area (Å²) >= 11 is 0. The summed E-state index contributed by atoms with van der Waals surface area (Å²) in [7, 11) is 1.94. The molecule has 1 amide bonds. The standard InChI is InChI=1S/C24H29N3O2.C2HF3O2/c1-17-14-25-12-11-21(17)27(2)23(28)13-19-15-26-20-9-6-10-22(24(19)20)29-16-18-7-4-3-5-8-18;3-2(4,5)1(6)7/h3-10,15,17,21,25-26H,11-14,16H2,1-2H3;(H,6,7). The molecule has 4 rings (SSSR count). The first-order valence-corrected chi connectivity index (χ1v) is 11.6. The summed E-state index contributed by atoms with van der Waals surface area (Å²) in [5.74, 6) is -1.33. The van der Waals surface area contributed by atoms with E-state index in [0.29, 0.717) is 25.0 Å². The quantitative estimate of drug-likeness (QED) is 0.462. The average Bonchev–Trinajstić information content (AvgIpc) is 3.26. The summed E-state index contributed by atoms with van der Waals surface area (Å²) in [5.41, 5.74) is 3.11. The van der Waals surface area contributed by atoms with Crippen LogP contribution >= 0.6 is 0 Å². The number of ether oxygens (including phenoxy) is 1. The Labute approximate surface area is 207 Å². The number of aromatic amines is 1. The lowest BCUT2D eigenvalue weighted by Crippen LogP contribution is -2.49. The molecule has 10 heteroatoms. The lowest BCUT2D eigenvalue weighted by molar-refractivity contribution is -0.192. The van der Waals surface area contributed by atoms with Gasteiger partial charge in [-0.15, -0.1) is 0 Å². The number of likely N-dealkylation sites (N-methyl/N-ethyl adjacent to an activating group) is 1. The maximum atomic E-state index is 13.0. The van der Waals surface area contributed by atoms with E-state index in [4.69, 9.17) is 14.6 Å². The maximum absolute atomic E-state index is 13.0. The van der Waals surface area contributed by atoms with Crippen LogP contribution in [0, 0.1) is 5.92 Å². The summed E-state index contributed by atoms with van der Waals surface area (Å²) in [6.07, 6.45) is -1.76. The van der Waals surface area contributed by atoms with Crippen molar-refractivity contribution < 1.29 is 32.6 Å². The fourth-order valence-electron chi connectivity index (χ4n) is 4.26. The van der Waals surface area contributed by atoms with Gasteiger partial charge in [0.25, 0.3) is 0 Å². The smallest absolute Gasteiger partial charge is 0.488 e. The molecule has 0 radical (unpaired) electrons. The van der Waals surface area contributed by atoms with Gasteiger partial charge in [-0.3, -0.25) is 4.79 Å². The van der Waals surface area contributed by atoms with Gasteiger partial charge >= 0.3 is 12.1 Å². The first-order valence-electron chi connectivity index (χ1n) is 11.6. The van der Waals surface area contributed by atoms with Crippen LogP contribution in [0.4, 0.5) is 13.2 Å². The van der Waals surface area contributed by atoms with Gasteiger partial charge in [-0.25, -0.2) is 4.79 Å². The molecule has 1 aliphatic heterocycles. The van der Waals surface area contributed by atoms with Crippen molar-refractivity contribution in [3.05, 3.63) is 65.9 Å². The van der Waals surface area contributed by atoms with E-state index in [-0.39, 0.29) is 5.91 Å². The van der Waals surface area contributed by atoms with Crippen LogP contribution in [-0.2, 0) is 22.6 Å². The van der Waals surface area contributed by atoms with Crippen LogP contribution in [0.1, 0.15) is 24.5 Å². The van der Waals surface area contributed by atoms with Gasteiger partial charge in [0, 0.05) is 30.2 Å². The molecule has 2 aromatic carbocycles. The average molecular weight is 506 g/mol. The molecule has 1 saturated heterocycles. The highest BCUT2D eigenvalue weighted by Crippen LogP contribution is 2.30. The van der Waals surface area contributed by atoms with E-state index in [1.807, 2.05) is 54.5 Å². The Morgan fingerprint density at radius 2 is 1.83 bits per heavy atom. The number of alkyl halides is 3. The zero-order valence-electron chi connectivity index (χ0n) is 20.1. The number of piperidine rings is 1. The van der Waals surface area contributed by atoms with Crippen LogP contribution in [-0.4, -0.2) is 59.2 Å². The summed E-state index contributed by atoms with van der Waals surface area (Å²) < 4.78 is 37.9. The first-order chi connectivity index (χ1) is 17.1. The highest BCUT2D eigenvalue weighted by atomic mass is 19.4. The minimum atomic E-state index is -5.08. The predicted molar refractivity (Wildman–Crippen MR) is 130 cm³/mol. The number of carboxylic acid groups (broad SMARTS) is 1. The van der Waals surface area contributed by atoms with Gasteiger partial charge in [0.05, 0.1) is 6.42 Å². The van der Waals surface area contributed by atoms with Crippen molar-refractivity contribution in [1.29, 1.82) is 0 Å². The molecule has 2 heterocycles. The van der Waals surface area contributed by atoms with Crippen molar-refractivity contribution in [2.75, 3.05) is 20.1 Å². The van der Waals surface area contributed by atoms with E-state index in [1.165, 1.54) is 0 Å². The number of hydrogen-bond acceptors (Lipinski definition) is 4. The summed E-state index contributed by atoms with van der Waals surface area (Å²) in [4.78, 5) is 27.2. The number of rotatable bonds is 6. The van der Waals surface area contributed by atoms with Crippen LogP contribution in [0.3, 0.4) is 0 Å². The lowest BCUT2D eigenvalue weighted by Gasteiger charge is -2.36. The van der Waals surface area contributed by atoms with Crippen molar-refractivity contribution >= 4 is 22.8 Å². The Morgan fingerprint density at radius 3 is 2.47 bits per heavy atom. The van der Waals surface area contributed by atoms with E-state index < -0.39 is 12.1 Å². The Morgan fingerprint density at radius 1 is 1.14 bits per heavy atom. The molecule has 36 heavy (non-hydrogen) atoms. The Bertz CT molecular complexity index is 1160. The SMILES string of the molecule is CC1CNCCC1N(C)C(=O)Cc1c[nH]c2cccc(OCc3ccccc3)c12.O=C(O)C(F)(F)F. The molecule has 0 aliphatic carbocycles. The van der Waals surface area contributed by atoms with E-state index in [9.17, 15) is 18.0 Å². The summed E-state index contributed by atoms with van der Waals surface area (Å²) in [6.45, 7) is 4.65. The molecule has 0 bridgehead atoms. The molecule has 3 N–H and O–H groups in total. The number of benzene rings is 2. The van der Waals surface area contributed by atoms with E-state index >= 15 is 0 Å². The fraction of sp³-hybridized carbons (Fsp3) is 0.385. The number of carbonyl (C=O) groups excluding carboxylic acids is 1. The van der Waals surface area contributed by atoms with Gasteiger partial charge in [-0.05, 0) is 48.7 Å². The Balaban J connectivity index is 0.000000454. The molecule has 0 saturated carbocycles. The molecule has 1 aromatic heterocycles. The number of H-pyrrole nitrogens is 1. The minimum Gasteiger partial charge on any atom is -0.488 e. The number of fused-ring (bicyclic) bond motifs is 1. The van der Waals surface area contributed by atoms with Gasteiger partial charge in [0.15, 0.2) is 0 Å². The highest BCUT2D eigenvalue weighted by Gasteiger charge is 2.38. The predicted octanol–water partition coefficient (Wildman–Crippen LogP) is 4.38. The van der Waals surface area contributed by atoms with Crippen molar-refractivity contribution in [2.24, 2.45) is 5.92 Å². The number of nitrogens with one attached hydrogen (secondary N) is 2. The number of nitrogens with zero attached hydrogens (tertiary/aromatic N) is 1. The van der Waals surface area contributed by atoms with Crippen LogP contribution in [0.15, 0.2) is 54.7 Å². The van der Waals surface area contributed by atoms with Gasteiger partial charge in [-0.1, -0.05) is 43.3 Å². The number of carboxylic acids is 1. The molecule has 3 aromatic rings.